The van der Waals surface area contributed by atoms with Crippen LogP contribution < -0.4 is 20.0 Å². The molecule has 0 aliphatic carbocycles. The molecule has 40 heavy (non-hydrogen) atoms. The van der Waals surface area contributed by atoms with Gasteiger partial charge in [-0.05, 0) is 50.0 Å². The molecule has 2 aromatic heterocycles. The minimum atomic E-state index is -4.36. The summed E-state index contributed by atoms with van der Waals surface area (Å²) in [6.45, 7) is 7.15. The Morgan fingerprint density at radius 2 is 1.35 bits per heavy atom. The lowest BCUT2D eigenvalue weighted by atomic mass is 10.1. The summed E-state index contributed by atoms with van der Waals surface area (Å²) in [6.07, 6.45) is 0.406. The Balaban J connectivity index is 1.08. The smallest absolute Gasteiger partial charge is 0.356 e. The Morgan fingerprint density at radius 1 is 0.775 bits per heavy atom. The number of alkyl halides is 3. The molecule has 3 aliphatic rings. The second-order valence-corrected chi connectivity index (χ2v) is 11.5. The first-order valence-corrected chi connectivity index (χ1v) is 15.0. The fourth-order valence-corrected chi connectivity index (χ4v) is 6.40. The van der Waals surface area contributed by atoms with E-state index in [2.05, 4.69) is 36.0 Å². The van der Waals surface area contributed by atoms with E-state index in [9.17, 15) is 13.2 Å². The molecule has 3 saturated heterocycles. The van der Waals surface area contributed by atoms with Crippen molar-refractivity contribution in [1.82, 2.24) is 19.9 Å². The van der Waals surface area contributed by atoms with Gasteiger partial charge in [-0.3, -0.25) is 0 Å². The monoisotopic (exact) mass is 588 g/mol. The largest absolute Gasteiger partial charge is 0.416 e. The van der Waals surface area contributed by atoms with Crippen molar-refractivity contribution in [1.29, 1.82) is 0 Å². The third kappa shape index (κ3) is 5.95. The quantitative estimate of drug-likeness (QED) is 0.398. The summed E-state index contributed by atoms with van der Waals surface area (Å²) in [7, 11) is 0. The summed E-state index contributed by atoms with van der Waals surface area (Å²) in [5.74, 6) is 2.83. The van der Waals surface area contributed by atoms with Crippen molar-refractivity contribution in [2.45, 2.75) is 31.9 Å². The molecule has 0 bridgehead atoms. The molecule has 212 valence electrons. The molecule has 0 radical (unpaired) electrons. The standard InChI is InChI=1S/C27H31F3N8S2/c28-27(29,30)20-7-5-19(6-8-20)21-18-40-25(31-21)34-26(39)38-15-13-36(14-16-38)23-17-22(35-9-1-2-10-35)32-24(33-23)37-11-3-4-12-37/h5-8,17-18H,1-4,9-16H2,(H,31,34,39). The second-order valence-electron chi connectivity index (χ2n) is 10.3. The van der Waals surface area contributed by atoms with Crippen LogP contribution in [-0.4, -0.2) is 77.3 Å². The molecule has 5 heterocycles. The van der Waals surface area contributed by atoms with Crippen LogP contribution >= 0.6 is 23.6 Å². The van der Waals surface area contributed by atoms with Crippen molar-refractivity contribution in [3.05, 3.63) is 41.3 Å². The van der Waals surface area contributed by atoms with Crippen LogP contribution in [0.5, 0.6) is 0 Å². The Hall–Kier alpha value is -3.19. The van der Waals surface area contributed by atoms with Crippen LogP contribution in [0, 0.1) is 0 Å². The highest BCUT2D eigenvalue weighted by Gasteiger charge is 2.30. The topological polar surface area (TPSA) is 63.7 Å². The number of piperazine rings is 1. The SMILES string of the molecule is FC(F)(F)c1ccc(-c2csc(NC(=S)N3CCN(c4cc(N5CCCC5)nc(N5CCCC5)n4)CC3)n2)cc1. The summed E-state index contributed by atoms with van der Waals surface area (Å²) < 4.78 is 38.6. The maximum absolute atomic E-state index is 12.9. The molecule has 13 heteroatoms. The molecule has 1 aromatic carbocycles. The number of hydrogen-bond donors (Lipinski definition) is 1. The van der Waals surface area contributed by atoms with Gasteiger partial charge in [0.1, 0.15) is 11.6 Å². The molecular weight excluding hydrogens is 557 g/mol. The molecule has 6 rings (SSSR count). The number of nitrogens with one attached hydrogen (secondary N) is 1. The number of rotatable bonds is 5. The number of thiocarbonyl (C=S) groups is 1. The Bertz CT molecular complexity index is 1290. The average molecular weight is 589 g/mol. The first kappa shape index (κ1) is 27.0. The van der Waals surface area contributed by atoms with E-state index in [4.69, 9.17) is 22.2 Å². The van der Waals surface area contributed by atoms with E-state index >= 15 is 0 Å². The lowest BCUT2D eigenvalue weighted by molar-refractivity contribution is -0.137. The van der Waals surface area contributed by atoms with Crippen molar-refractivity contribution >= 4 is 51.4 Å². The highest BCUT2D eigenvalue weighted by Crippen LogP contribution is 2.32. The van der Waals surface area contributed by atoms with Gasteiger partial charge in [0.2, 0.25) is 5.95 Å². The van der Waals surface area contributed by atoms with Gasteiger partial charge in [0.15, 0.2) is 10.2 Å². The maximum atomic E-state index is 12.9. The predicted molar refractivity (Wildman–Crippen MR) is 157 cm³/mol. The van der Waals surface area contributed by atoms with E-state index in [1.54, 1.807) is 0 Å². The van der Waals surface area contributed by atoms with Crippen LogP contribution in [0.3, 0.4) is 0 Å². The second kappa shape index (κ2) is 11.4. The van der Waals surface area contributed by atoms with Crippen LogP contribution in [0.4, 0.5) is 35.9 Å². The van der Waals surface area contributed by atoms with E-state index in [1.807, 2.05) is 5.38 Å². The number of aromatic nitrogens is 3. The molecule has 3 aromatic rings. The minimum Gasteiger partial charge on any atom is -0.356 e. The number of anilines is 4. The molecule has 3 fully saturated rings. The van der Waals surface area contributed by atoms with Gasteiger partial charge in [0.05, 0.1) is 11.3 Å². The molecular formula is C27H31F3N8S2. The summed E-state index contributed by atoms with van der Waals surface area (Å²) in [5.41, 5.74) is 0.565. The van der Waals surface area contributed by atoms with E-state index < -0.39 is 11.7 Å². The van der Waals surface area contributed by atoms with E-state index in [0.717, 1.165) is 82.1 Å². The van der Waals surface area contributed by atoms with Crippen molar-refractivity contribution in [3.8, 4) is 11.3 Å². The van der Waals surface area contributed by atoms with E-state index in [0.29, 0.717) is 21.5 Å². The Morgan fingerprint density at radius 3 is 1.95 bits per heavy atom. The summed E-state index contributed by atoms with van der Waals surface area (Å²) >= 11 is 7.06. The zero-order chi connectivity index (χ0) is 27.7. The first-order chi connectivity index (χ1) is 19.3. The highest BCUT2D eigenvalue weighted by atomic mass is 32.1. The third-order valence-corrected chi connectivity index (χ3v) is 8.74. The molecule has 0 saturated carbocycles. The third-order valence-electron chi connectivity index (χ3n) is 7.62. The van der Waals surface area contributed by atoms with Gasteiger partial charge >= 0.3 is 6.18 Å². The number of benzene rings is 1. The lowest BCUT2D eigenvalue weighted by Gasteiger charge is -2.37. The van der Waals surface area contributed by atoms with Crippen LogP contribution in [0.1, 0.15) is 31.2 Å². The van der Waals surface area contributed by atoms with Crippen molar-refractivity contribution in [3.63, 3.8) is 0 Å². The predicted octanol–water partition coefficient (Wildman–Crippen LogP) is 5.34. The Kier molecular flexibility index (Phi) is 7.67. The molecule has 1 N–H and O–H groups in total. The van der Waals surface area contributed by atoms with Gasteiger partial charge in [-0.1, -0.05) is 12.1 Å². The zero-order valence-electron chi connectivity index (χ0n) is 22.0. The van der Waals surface area contributed by atoms with Gasteiger partial charge in [-0.15, -0.1) is 11.3 Å². The van der Waals surface area contributed by atoms with Gasteiger partial charge in [0.25, 0.3) is 0 Å². The zero-order valence-corrected chi connectivity index (χ0v) is 23.7. The molecule has 3 aliphatic heterocycles. The normalized spacial score (nSPS) is 18.1. The fourth-order valence-electron chi connectivity index (χ4n) is 5.34. The van der Waals surface area contributed by atoms with Gasteiger partial charge in [-0.2, -0.15) is 23.1 Å². The van der Waals surface area contributed by atoms with Gasteiger partial charge in [0, 0.05) is 69.4 Å². The van der Waals surface area contributed by atoms with Gasteiger partial charge < -0.3 is 24.9 Å². The van der Waals surface area contributed by atoms with Crippen LogP contribution in [0.25, 0.3) is 11.3 Å². The number of halogens is 3. The van der Waals surface area contributed by atoms with Gasteiger partial charge in [-0.25, -0.2) is 4.98 Å². The average Bonchev–Trinajstić information content (AvgIpc) is 3.76. The highest BCUT2D eigenvalue weighted by molar-refractivity contribution is 7.80. The molecule has 0 unspecified atom stereocenters. The number of hydrogen-bond acceptors (Lipinski definition) is 8. The minimum absolute atomic E-state index is 0.589. The fraction of sp³-hybridized carbons (Fsp3) is 0.481. The summed E-state index contributed by atoms with van der Waals surface area (Å²) in [6, 6.07) is 7.17. The summed E-state index contributed by atoms with van der Waals surface area (Å²) in [5, 5.41) is 6.23. The van der Waals surface area contributed by atoms with Crippen LogP contribution in [0.2, 0.25) is 0 Å². The maximum Gasteiger partial charge on any atom is 0.416 e. The van der Waals surface area contributed by atoms with Crippen LogP contribution in [-0.2, 0) is 6.18 Å². The van der Waals surface area contributed by atoms with Crippen LogP contribution in [0.15, 0.2) is 35.7 Å². The summed E-state index contributed by atoms with van der Waals surface area (Å²) in [4.78, 5) is 23.5. The lowest BCUT2D eigenvalue weighted by Crippen LogP contribution is -2.50. The van der Waals surface area contributed by atoms with Crippen molar-refractivity contribution < 1.29 is 13.2 Å². The van der Waals surface area contributed by atoms with Crippen molar-refractivity contribution in [2.24, 2.45) is 0 Å². The Labute approximate surface area is 240 Å². The van der Waals surface area contributed by atoms with E-state index in [-0.39, 0.29) is 0 Å². The van der Waals surface area contributed by atoms with Crippen molar-refractivity contribution in [2.75, 3.05) is 72.4 Å². The molecule has 8 nitrogen and oxygen atoms in total. The number of nitrogens with zero attached hydrogens (tertiary/aromatic N) is 7. The molecule has 0 spiro atoms. The number of thiazole rings is 1. The first-order valence-electron chi connectivity index (χ1n) is 13.7. The molecule has 0 amide bonds. The van der Waals surface area contributed by atoms with E-state index in [1.165, 1.54) is 49.2 Å². The molecule has 0 atom stereocenters.